The lowest BCUT2D eigenvalue weighted by atomic mass is 9.82. The molecule has 0 radical (unpaired) electrons. The van der Waals surface area contributed by atoms with Crippen LogP contribution in [0.3, 0.4) is 0 Å². The van der Waals surface area contributed by atoms with E-state index < -0.39 is 0 Å². The fourth-order valence-corrected chi connectivity index (χ4v) is 4.65. The Kier molecular flexibility index (Phi) is 3.89. The van der Waals surface area contributed by atoms with Crippen molar-refractivity contribution in [2.24, 2.45) is 0 Å². The van der Waals surface area contributed by atoms with Crippen LogP contribution < -0.4 is 0 Å². The van der Waals surface area contributed by atoms with Crippen LogP contribution in [0.25, 0.3) is 32.3 Å². The highest BCUT2D eigenvalue weighted by Crippen LogP contribution is 2.40. The van der Waals surface area contributed by atoms with Crippen molar-refractivity contribution in [2.75, 3.05) is 0 Å². The number of hydrogen-bond acceptors (Lipinski definition) is 0. The Hall–Kier alpha value is -1.12. The van der Waals surface area contributed by atoms with E-state index in [1.54, 1.807) is 0 Å². The number of rotatable bonds is 2. The van der Waals surface area contributed by atoms with E-state index in [2.05, 4.69) is 95.1 Å². The number of benzene rings is 4. The predicted molar refractivity (Wildman–Crippen MR) is 114 cm³/mol. The molecule has 0 bridgehead atoms. The van der Waals surface area contributed by atoms with Crippen LogP contribution in [0.5, 0.6) is 0 Å². The zero-order valence-electron chi connectivity index (χ0n) is 14.2. The van der Waals surface area contributed by atoms with Gasteiger partial charge in [0.15, 0.2) is 0 Å². The van der Waals surface area contributed by atoms with Crippen molar-refractivity contribution in [3.8, 4) is 0 Å². The molecular formula is C22H20Br2. The minimum atomic E-state index is 0.159. The highest BCUT2D eigenvalue weighted by Gasteiger charge is 2.18. The van der Waals surface area contributed by atoms with Gasteiger partial charge in [-0.25, -0.2) is 0 Å². The average Bonchev–Trinajstić information content (AvgIpc) is 2.57. The van der Waals surface area contributed by atoms with Crippen molar-refractivity contribution in [1.82, 2.24) is 0 Å². The van der Waals surface area contributed by atoms with E-state index in [1.165, 1.54) is 49.0 Å². The van der Waals surface area contributed by atoms with E-state index in [9.17, 15) is 0 Å². The quantitative estimate of drug-likeness (QED) is 0.220. The summed E-state index contributed by atoms with van der Waals surface area (Å²) in [5, 5.41) is 10.0. The van der Waals surface area contributed by atoms with Crippen LogP contribution in [-0.2, 0) is 16.1 Å². The van der Waals surface area contributed by atoms with Gasteiger partial charge in [-0.1, -0.05) is 95.1 Å². The van der Waals surface area contributed by atoms with Crippen LogP contribution >= 0.6 is 31.9 Å². The van der Waals surface area contributed by atoms with Gasteiger partial charge in [0, 0.05) is 10.7 Å². The second-order valence-corrected chi connectivity index (χ2v) is 8.73. The summed E-state index contributed by atoms with van der Waals surface area (Å²) < 4.78 is 0. The zero-order chi connectivity index (χ0) is 17.1. The van der Waals surface area contributed by atoms with Gasteiger partial charge < -0.3 is 0 Å². The Balaban J connectivity index is 2.23. The van der Waals surface area contributed by atoms with Crippen molar-refractivity contribution in [3.05, 3.63) is 59.2 Å². The first kappa shape index (κ1) is 16.4. The lowest BCUT2D eigenvalue weighted by molar-refractivity contribution is 0.591. The van der Waals surface area contributed by atoms with Crippen LogP contribution in [0.2, 0.25) is 0 Å². The first-order chi connectivity index (χ1) is 11.4. The van der Waals surface area contributed by atoms with Crippen molar-refractivity contribution in [3.63, 3.8) is 0 Å². The van der Waals surface area contributed by atoms with Gasteiger partial charge in [0.05, 0.1) is 0 Å². The molecule has 0 fully saturated rings. The van der Waals surface area contributed by atoms with Crippen LogP contribution in [0.4, 0.5) is 0 Å². The van der Waals surface area contributed by atoms with Gasteiger partial charge in [0.25, 0.3) is 0 Å². The molecule has 4 aromatic rings. The maximum atomic E-state index is 3.67. The summed E-state index contributed by atoms with van der Waals surface area (Å²) in [6.45, 7) is 6.85. The highest BCUT2D eigenvalue weighted by atomic mass is 79.9. The van der Waals surface area contributed by atoms with E-state index >= 15 is 0 Å². The summed E-state index contributed by atoms with van der Waals surface area (Å²) in [4.78, 5) is 0. The Morgan fingerprint density at radius 3 is 1.62 bits per heavy atom. The predicted octanol–water partition coefficient (Wildman–Crippen LogP) is 7.67. The fraction of sp³-hybridized carbons (Fsp3) is 0.273. The topological polar surface area (TPSA) is 0 Å². The minimum absolute atomic E-state index is 0.159. The first-order valence-electron chi connectivity index (χ1n) is 8.30. The molecule has 0 aliphatic carbocycles. The molecular weight excluding hydrogens is 424 g/mol. The van der Waals surface area contributed by atoms with Gasteiger partial charge in [0.2, 0.25) is 0 Å². The van der Waals surface area contributed by atoms with E-state index in [-0.39, 0.29) is 5.41 Å². The third-order valence-electron chi connectivity index (χ3n) is 5.04. The Bertz CT molecular complexity index is 983. The molecule has 0 N–H and O–H groups in total. The molecule has 0 nitrogen and oxygen atoms in total. The number of hydrogen-bond donors (Lipinski definition) is 0. The summed E-state index contributed by atoms with van der Waals surface area (Å²) in [5.41, 5.74) is 4.29. The summed E-state index contributed by atoms with van der Waals surface area (Å²) >= 11 is 7.34. The van der Waals surface area contributed by atoms with Crippen molar-refractivity contribution < 1.29 is 0 Å². The molecule has 0 saturated heterocycles. The van der Waals surface area contributed by atoms with Gasteiger partial charge in [-0.2, -0.15) is 0 Å². The van der Waals surface area contributed by atoms with E-state index in [0.29, 0.717) is 0 Å². The van der Waals surface area contributed by atoms with Crippen LogP contribution in [0.15, 0.2) is 42.5 Å². The molecule has 0 saturated carbocycles. The standard InChI is InChI=1S/C22H20Br2/c1-22(2,3)17-9-13-4-6-18-15(11-23)8-16(12-24)19-7-5-14(10-17)20(13)21(18)19/h4-10H,11-12H2,1-3H3. The summed E-state index contributed by atoms with van der Waals surface area (Å²) in [5.74, 6) is 0. The molecule has 4 rings (SSSR count). The zero-order valence-corrected chi connectivity index (χ0v) is 17.4. The Labute approximate surface area is 159 Å². The minimum Gasteiger partial charge on any atom is -0.0876 e. The molecule has 0 spiro atoms. The average molecular weight is 444 g/mol. The van der Waals surface area contributed by atoms with Gasteiger partial charge >= 0.3 is 0 Å². The van der Waals surface area contributed by atoms with Crippen LogP contribution in [0.1, 0.15) is 37.5 Å². The number of halogens is 2. The van der Waals surface area contributed by atoms with Gasteiger partial charge in [-0.15, -0.1) is 0 Å². The SMILES string of the molecule is CC(C)(C)c1cc2ccc3c(CBr)cc(CBr)c4ccc(c1)c2c34. The van der Waals surface area contributed by atoms with Crippen molar-refractivity contribution in [1.29, 1.82) is 0 Å². The molecule has 0 aliphatic rings. The van der Waals surface area contributed by atoms with E-state index in [1.807, 2.05) is 0 Å². The molecule has 0 aliphatic heterocycles. The molecule has 0 amide bonds. The molecule has 2 heteroatoms. The summed E-state index contributed by atoms with van der Waals surface area (Å²) in [7, 11) is 0. The first-order valence-corrected chi connectivity index (χ1v) is 10.5. The van der Waals surface area contributed by atoms with Gasteiger partial charge in [-0.3, -0.25) is 0 Å². The second-order valence-electron chi connectivity index (χ2n) is 7.61. The van der Waals surface area contributed by atoms with E-state index in [0.717, 1.165) is 10.7 Å². The summed E-state index contributed by atoms with van der Waals surface area (Å²) in [6, 6.07) is 16.2. The smallest absolute Gasteiger partial charge is 0.0289 e. The normalized spacial score (nSPS) is 12.7. The monoisotopic (exact) mass is 442 g/mol. The molecule has 0 unspecified atom stereocenters. The highest BCUT2D eigenvalue weighted by molar-refractivity contribution is 9.08. The molecule has 24 heavy (non-hydrogen) atoms. The maximum absolute atomic E-state index is 3.67. The van der Waals surface area contributed by atoms with Crippen molar-refractivity contribution >= 4 is 64.2 Å². The molecule has 0 atom stereocenters. The Morgan fingerprint density at radius 2 is 1.21 bits per heavy atom. The van der Waals surface area contributed by atoms with Gasteiger partial charge in [-0.05, 0) is 54.4 Å². The molecule has 0 aromatic heterocycles. The lowest BCUT2D eigenvalue weighted by Crippen LogP contribution is -2.10. The van der Waals surface area contributed by atoms with Gasteiger partial charge in [0.1, 0.15) is 0 Å². The second kappa shape index (κ2) is 5.71. The summed E-state index contributed by atoms with van der Waals surface area (Å²) in [6.07, 6.45) is 0. The largest absolute Gasteiger partial charge is 0.0876 e. The fourth-order valence-electron chi connectivity index (χ4n) is 3.72. The third kappa shape index (κ3) is 2.38. The van der Waals surface area contributed by atoms with Crippen LogP contribution in [0, 0.1) is 0 Å². The molecule has 0 heterocycles. The number of alkyl halides is 2. The molecule has 122 valence electrons. The lowest BCUT2D eigenvalue weighted by Gasteiger charge is -2.22. The van der Waals surface area contributed by atoms with Crippen molar-refractivity contribution in [2.45, 2.75) is 36.8 Å². The maximum Gasteiger partial charge on any atom is 0.0289 e. The van der Waals surface area contributed by atoms with E-state index in [4.69, 9.17) is 0 Å². The third-order valence-corrected chi connectivity index (χ3v) is 6.25. The molecule has 4 aromatic carbocycles. The Morgan fingerprint density at radius 1 is 0.708 bits per heavy atom. The van der Waals surface area contributed by atoms with Crippen LogP contribution in [-0.4, -0.2) is 0 Å².